The van der Waals surface area contributed by atoms with Crippen molar-refractivity contribution in [2.24, 2.45) is 0 Å². The topological polar surface area (TPSA) is 54.5 Å². The third kappa shape index (κ3) is 4.98. The van der Waals surface area contributed by atoms with Crippen molar-refractivity contribution in [1.82, 2.24) is 10.3 Å². The third-order valence-electron chi connectivity index (χ3n) is 3.86. The fourth-order valence-electron chi connectivity index (χ4n) is 2.31. The van der Waals surface area contributed by atoms with Crippen LogP contribution in [0.1, 0.15) is 35.7 Å². The van der Waals surface area contributed by atoms with Gasteiger partial charge < -0.3 is 15.0 Å². The van der Waals surface area contributed by atoms with E-state index < -0.39 is 0 Å². The molecule has 5 nitrogen and oxygen atoms in total. The van der Waals surface area contributed by atoms with Crippen LogP contribution in [0.3, 0.4) is 0 Å². The molecule has 0 spiro atoms. The van der Waals surface area contributed by atoms with Crippen molar-refractivity contribution in [1.29, 1.82) is 0 Å². The average Bonchev–Trinajstić information content (AvgIpc) is 2.64. The number of nitrogens with zero attached hydrogens (tertiary/aromatic N) is 2. The van der Waals surface area contributed by atoms with Crippen LogP contribution in [0.4, 0.5) is 5.82 Å². The number of methoxy groups -OCH3 is 1. The maximum Gasteiger partial charge on any atom is 0.251 e. The van der Waals surface area contributed by atoms with Crippen LogP contribution in [-0.4, -0.2) is 31.6 Å². The average molecular weight is 327 g/mol. The van der Waals surface area contributed by atoms with E-state index in [-0.39, 0.29) is 5.91 Å². The third-order valence-corrected chi connectivity index (χ3v) is 3.86. The van der Waals surface area contributed by atoms with Crippen molar-refractivity contribution in [3.8, 4) is 5.75 Å². The molecule has 1 heterocycles. The van der Waals surface area contributed by atoms with Gasteiger partial charge in [-0.1, -0.05) is 25.5 Å². The summed E-state index contributed by atoms with van der Waals surface area (Å²) in [6, 6.07) is 11.2. The van der Waals surface area contributed by atoms with Crippen molar-refractivity contribution in [3.05, 3.63) is 53.7 Å². The highest BCUT2D eigenvalue weighted by Crippen LogP contribution is 2.13. The number of hydrogen-bond acceptors (Lipinski definition) is 4. The van der Waals surface area contributed by atoms with E-state index in [0.717, 1.165) is 36.5 Å². The molecule has 1 N–H and O–H groups in total. The lowest BCUT2D eigenvalue weighted by molar-refractivity contribution is 0.0951. The molecule has 0 saturated heterocycles. The van der Waals surface area contributed by atoms with Crippen molar-refractivity contribution >= 4 is 11.7 Å². The second-order valence-electron chi connectivity index (χ2n) is 5.71. The van der Waals surface area contributed by atoms with Crippen LogP contribution in [0.25, 0.3) is 0 Å². The molecule has 0 unspecified atom stereocenters. The summed E-state index contributed by atoms with van der Waals surface area (Å²) in [5.74, 6) is 1.53. The van der Waals surface area contributed by atoms with Gasteiger partial charge in [0.25, 0.3) is 5.91 Å². The lowest BCUT2D eigenvalue weighted by Crippen LogP contribution is -2.24. The molecule has 0 aliphatic rings. The fraction of sp³-hybridized carbons (Fsp3) is 0.368. The Morgan fingerprint density at radius 3 is 2.67 bits per heavy atom. The summed E-state index contributed by atoms with van der Waals surface area (Å²) in [6.45, 7) is 3.57. The molecule has 24 heavy (non-hydrogen) atoms. The van der Waals surface area contributed by atoms with Gasteiger partial charge in [0.2, 0.25) is 0 Å². The van der Waals surface area contributed by atoms with Crippen molar-refractivity contribution in [2.45, 2.75) is 26.3 Å². The summed E-state index contributed by atoms with van der Waals surface area (Å²) in [6.07, 6.45) is 3.92. The number of aromatic nitrogens is 1. The number of amides is 1. The highest BCUT2D eigenvalue weighted by molar-refractivity contribution is 5.94. The molecule has 5 heteroatoms. The van der Waals surface area contributed by atoms with E-state index in [1.165, 1.54) is 0 Å². The van der Waals surface area contributed by atoms with Crippen LogP contribution in [0, 0.1) is 0 Å². The molecule has 1 amide bonds. The van der Waals surface area contributed by atoms with Gasteiger partial charge in [-0.2, -0.15) is 0 Å². The number of benzene rings is 1. The standard InChI is InChI=1S/C19H25N3O2/c1-4-5-12-22(2)18-13-16(10-11-20-18)19(23)21-14-15-6-8-17(24-3)9-7-15/h6-11,13H,4-5,12,14H2,1-3H3,(H,21,23). The van der Waals surface area contributed by atoms with Gasteiger partial charge in [0.1, 0.15) is 11.6 Å². The van der Waals surface area contributed by atoms with Gasteiger partial charge in [0.05, 0.1) is 7.11 Å². The number of pyridine rings is 1. The van der Waals surface area contributed by atoms with Gasteiger partial charge in [0, 0.05) is 31.9 Å². The molecular weight excluding hydrogens is 302 g/mol. The quantitative estimate of drug-likeness (QED) is 0.808. The van der Waals surface area contributed by atoms with Gasteiger partial charge in [-0.3, -0.25) is 4.79 Å². The summed E-state index contributed by atoms with van der Waals surface area (Å²) in [5.41, 5.74) is 1.65. The van der Waals surface area contributed by atoms with Crippen LogP contribution in [-0.2, 0) is 6.54 Å². The molecule has 2 rings (SSSR count). The molecule has 1 aromatic heterocycles. The molecule has 0 aliphatic carbocycles. The summed E-state index contributed by atoms with van der Waals surface area (Å²) >= 11 is 0. The first kappa shape index (κ1) is 17.8. The van der Waals surface area contributed by atoms with Gasteiger partial charge >= 0.3 is 0 Å². The highest BCUT2D eigenvalue weighted by Gasteiger charge is 2.09. The van der Waals surface area contributed by atoms with E-state index in [1.807, 2.05) is 37.4 Å². The minimum Gasteiger partial charge on any atom is -0.497 e. The van der Waals surface area contributed by atoms with Crippen LogP contribution in [0.2, 0.25) is 0 Å². The van der Waals surface area contributed by atoms with Gasteiger partial charge in [0.15, 0.2) is 0 Å². The summed E-state index contributed by atoms with van der Waals surface area (Å²) < 4.78 is 5.13. The number of unbranched alkanes of at least 4 members (excludes halogenated alkanes) is 1. The van der Waals surface area contributed by atoms with Crippen molar-refractivity contribution < 1.29 is 9.53 Å². The monoisotopic (exact) mass is 327 g/mol. The Kier molecular flexibility index (Phi) is 6.61. The number of rotatable bonds is 8. The van der Waals surface area contributed by atoms with E-state index in [2.05, 4.69) is 22.1 Å². The lowest BCUT2D eigenvalue weighted by atomic mass is 10.2. The number of carbonyl (C=O) groups excluding carboxylic acids is 1. The Balaban J connectivity index is 1.96. The van der Waals surface area contributed by atoms with Crippen LogP contribution in [0.5, 0.6) is 5.75 Å². The molecule has 0 aliphatic heterocycles. The molecular formula is C19H25N3O2. The number of carbonyl (C=O) groups is 1. The Bertz CT molecular complexity index is 656. The van der Waals surface area contributed by atoms with E-state index in [1.54, 1.807) is 19.4 Å². The van der Waals surface area contributed by atoms with Crippen LogP contribution >= 0.6 is 0 Å². The summed E-state index contributed by atoms with van der Waals surface area (Å²) in [5, 5.41) is 2.94. The Morgan fingerprint density at radius 2 is 2.00 bits per heavy atom. The van der Waals surface area contributed by atoms with Crippen LogP contribution in [0.15, 0.2) is 42.6 Å². The minimum atomic E-state index is -0.0987. The number of hydrogen-bond donors (Lipinski definition) is 1. The zero-order valence-corrected chi connectivity index (χ0v) is 14.6. The molecule has 128 valence electrons. The zero-order valence-electron chi connectivity index (χ0n) is 14.6. The zero-order chi connectivity index (χ0) is 17.4. The van der Waals surface area contributed by atoms with E-state index in [4.69, 9.17) is 4.74 Å². The number of anilines is 1. The molecule has 0 fully saturated rings. The molecule has 0 saturated carbocycles. The summed E-state index contributed by atoms with van der Waals surface area (Å²) in [7, 11) is 3.63. The Labute approximate surface area is 143 Å². The predicted molar refractivity (Wildman–Crippen MR) is 96.6 cm³/mol. The smallest absolute Gasteiger partial charge is 0.251 e. The molecule has 2 aromatic rings. The molecule has 0 bridgehead atoms. The molecule has 1 aromatic carbocycles. The van der Waals surface area contributed by atoms with E-state index >= 15 is 0 Å². The maximum atomic E-state index is 12.3. The first-order chi connectivity index (χ1) is 11.6. The minimum absolute atomic E-state index is 0.0987. The fourth-order valence-corrected chi connectivity index (χ4v) is 2.31. The van der Waals surface area contributed by atoms with Crippen LogP contribution < -0.4 is 15.0 Å². The van der Waals surface area contributed by atoms with Crippen molar-refractivity contribution in [3.63, 3.8) is 0 Å². The van der Waals surface area contributed by atoms with Gasteiger partial charge in [-0.15, -0.1) is 0 Å². The largest absolute Gasteiger partial charge is 0.497 e. The number of ether oxygens (including phenoxy) is 1. The van der Waals surface area contributed by atoms with Gasteiger partial charge in [-0.05, 0) is 36.2 Å². The first-order valence-electron chi connectivity index (χ1n) is 8.22. The van der Waals surface area contributed by atoms with E-state index in [0.29, 0.717) is 12.1 Å². The first-order valence-corrected chi connectivity index (χ1v) is 8.22. The van der Waals surface area contributed by atoms with E-state index in [9.17, 15) is 4.79 Å². The second kappa shape index (κ2) is 8.91. The molecule has 0 radical (unpaired) electrons. The van der Waals surface area contributed by atoms with Gasteiger partial charge in [-0.25, -0.2) is 4.98 Å². The number of nitrogens with one attached hydrogen (secondary N) is 1. The Morgan fingerprint density at radius 1 is 1.25 bits per heavy atom. The normalized spacial score (nSPS) is 10.3. The second-order valence-corrected chi connectivity index (χ2v) is 5.71. The summed E-state index contributed by atoms with van der Waals surface area (Å²) in [4.78, 5) is 18.8. The predicted octanol–water partition coefficient (Wildman–Crippen LogP) is 3.26. The lowest BCUT2D eigenvalue weighted by Gasteiger charge is -2.18. The maximum absolute atomic E-state index is 12.3. The highest BCUT2D eigenvalue weighted by atomic mass is 16.5. The molecule has 0 atom stereocenters. The Hall–Kier alpha value is -2.56. The van der Waals surface area contributed by atoms with Crippen molar-refractivity contribution in [2.75, 3.05) is 25.6 Å². The SMILES string of the molecule is CCCCN(C)c1cc(C(=O)NCc2ccc(OC)cc2)ccn1.